The van der Waals surface area contributed by atoms with E-state index in [-0.39, 0.29) is 0 Å². The fraction of sp³-hybridized carbons (Fsp3) is 0.435. The molecular weight excluding hydrogens is 350 g/mol. The summed E-state index contributed by atoms with van der Waals surface area (Å²) in [6.45, 7) is 8.53. The topological polar surface area (TPSA) is 47.0 Å². The second-order valence-corrected chi connectivity index (χ2v) is 7.98. The Balaban J connectivity index is 1.24. The van der Waals surface area contributed by atoms with E-state index >= 15 is 0 Å². The number of hydrogen-bond donors (Lipinski definition) is 1. The highest BCUT2D eigenvalue weighted by atomic mass is 16.4. The number of aromatic carboxylic acids is 1. The largest absolute Gasteiger partial charge is 0.478 e. The van der Waals surface area contributed by atoms with E-state index in [2.05, 4.69) is 45.0 Å². The molecule has 2 heterocycles. The maximum Gasteiger partial charge on any atom is 0.335 e. The van der Waals surface area contributed by atoms with Crippen LogP contribution in [0.4, 0.5) is 0 Å². The van der Waals surface area contributed by atoms with E-state index < -0.39 is 5.97 Å². The van der Waals surface area contributed by atoms with Gasteiger partial charge < -0.3 is 5.11 Å². The van der Waals surface area contributed by atoms with Crippen molar-refractivity contribution in [3.05, 3.63) is 71.3 Å². The molecule has 0 spiro atoms. The molecule has 1 unspecified atom stereocenters. The van der Waals surface area contributed by atoms with E-state index in [1.807, 2.05) is 12.1 Å². The number of benzene rings is 2. The van der Waals surface area contributed by atoms with Crippen LogP contribution in [0.25, 0.3) is 0 Å². The number of hydrogen-bond acceptors (Lipinski definition) is 4. The van der Waals surface area contributed by atoms with Crippen molar-refractivity contribution < 1.29 is 9.90 Å². The van der Waals surface area contributed by atoms with Crippen molar-refractivity contribution in [2.45, 2.75) is 25.6 Å². The lowest BCUT2D eigenvalue weighted by Gasteiger charge is -2.38. The smallest absolute Gasteiger partial charge is 0.335 e. The fourth-order valence-corrected chi connectivity index (χ4v) is 4.44. The summed E-state index contributed by atoms with van der Waals surface area (Å²) in [7, 11) is 0. The van der Waals surface area contributed by atoms with Crippen molar-refractivity contribution in [1.82, 2.24) is 14.7 Å². The molecule has 2 saturated heterocycles. The van der Waals surface area contributed by atoms with Gasteiger partial charge in [-0.05, 0) is 29.7 Å². The first-order valence-electron chi connectivity index (χ1n) is 10.2. The monoisotopic (exact) mass is 379 g/mol. The van der Waals surface area contributed by atoms with Crippen molar-refractivity contribution in [2.75, 3.05) is 39.3 Å². The Kier molecular flexibility index (Phi) is 6.05. The molecule has 2 fully saturated rings. The molecule has 2 aromatic carbocycles. The van der Waals surface area contributed by atoms with E-state index in [1.165, 1.54) is 18.5 Å². The molecule has 0 aromatic heterocycles. The molecule has 28 heavy (non-hydrogen) atoms. The maximum atomic E-state index is 11.2. The molecule has 2 aliphatic heterocycles. The first-order valence-corrected chi connectivity index (χ1v) is 10.2. The second-order valence-electron chi connectivity index (χ2n) is 7.98. The van der Waals surface area contributed by atoms with Crippen LogP contribution in [0.2, 0.25) is 0 Å². The normalized spacial score (nSPS) is 21.8. The summed E-state index contributed by atoms with van der Waals surface area (Å²) in [5, 5.41) is 9.16. The molecule has 4 rings (SSSR count). The summed E-state index contributed by atoms with van der Waals surface area (Å²) in [5.41, 5.74) is 2.86. The van der Waals surface area contributed by atoms with E-state index in [9.17, 15) is 4.79 Å². The zero-order chi connectivity index (χ0) is 19.3. The molecule has 5 heteroatoms. The fourth-order valence-electron chi connectivity index (χ4n) is 4.44. The number of piperazine rings is 1. The molecular formula is C23H29N3O2. The van der Waals surface area contributed by atoms with Crippen LogP contribution >= 0.6 is 0 Å². The third-order valence-electron chi connectivity index (χ3n) is 6.00. The van der Waals surface area contributed by atoms with Gasteiger partial charge in [-0.3, -0.25) is 14.7 Å². The highest BCUT2D eigenvalue weighted by Crippen LogP contribution is 2.20. The Hall–Kier alpha value is -2.21. The Morgan fingerprint density at radius 2 is 1.57 bits per heavy atom. The van der Waals surface area contributed by atoms with Crippen molar-refractivity contribution >= 4 is 5.97 Å². The zero-order valence-electron chi connectivity index (χ0n) is 16.3. The molecule has 0 bridgehead atoms. The Bertz CT molecular complexity index is 787. The summed E-state index contributed by atoms with van der Waals surface area (Å²) in [4.78, 5) is 18.8. The van der Waals surface area contributed by atoms with Crippen LogP contribution in [0, 0.1) is 0 Å². The number of likely N-dealkylation sites (tertiary alicyclic amines) is 1. The Labute approximate surface area is 167 Å². The number of carboxylic acid groups (broad SMARTS) is 1. The minimum absolute atomic E-state index is 0.376. The molecule has 0 aliphatic carbocycles. The summed E-state index contributed by atoms with van der Waals surface area (Å²) >= 11 is 0. The SMILES string of the molecule is O=C(O)c1cccc(CN2CCN(C3CCN(Cc4ccccc4)C3)CC2)c1. The highest BCUT2D eigenvalue weighted by Gasteiger charge is 2.29. The van der Waals surface area contributed by atoms with Gasteiger partial charge in [-0.25, -0.2) is 4.79 Å². The lowest BCUT2D eigenvalue weighted by Crippen LogP contribution is -2.50. The molecule has 0 saturated carbocycles. The lowest BCUT2D eigenvalue weighted by atomic mass is 10.1. The van der Waals surface area contributed by atoms with Gasteiger partial charge in [0, 0.05) is 58.4 Å². The summed E-state index contributed by atoms with van der Waals surface area (Å²) in [6.07, 6.45) is 1.26. The summed E-state index contributed by atoms with van der Waals surface area (Å²) < 4.78 is 0. The first-order chi connectivity index (χ1) is 13.7. The van der Waals surface area contributed by atoms with Crippen LogP contribution in [0.3, 0.4) is 0 Å². The van der Waals surface area contributed by atoms with Gasteiger partial charge in [0.25, 0.3) is 0 Å². The molecule has 0 amide bonds. The molecule has 5 nitrogen and oxygen atoms in total. The number of carboxylic acids is 1. The minimum atomic E-state index is -0.854. The average Bonchev–Trinajstić information content (AvgIpc) is 3.18. The van der Waals surface area contributed by atoms with E-state index in [1.54, 1.807) is 12.1 Å². The molecule has 0 radical (unpaired) electrons. The van der Waals surface area contributed by atoms with Gasteiger partial charge >= 0.3 is 5.97 Å². The van der Waals surface area contributed by atoms with Gasteiger partial charge in [0.15, 0.2) is 0 Å². The minimum Gasteiger partial charge on any atom is -0.478 e. The molecule has 2 aliphatic rings. The van der Waals surface area contributed by atoms with Gasteiger partial charge in [0.2, 0.25) is 0 Å². The van der Waals surface area contributed by atoms with E-state index in [4.69, 9.17) is 5.11 Å². The van der Waals surface area contributed by atoms with Gasteiger partial charge in [-0.2, -0.15) is 0 Å². The lowest BCUT2D eigenvalue weighted by molar-refractivity contribution is 0.0696. The molecule has 1 atom stereocenters. The van der Waals surface area contributed by atoms with Gasteiger partial charge in [0.1, 0.15) is 0 Å². The van der Waals surface area contributed by atoms with Crippen molar-refractivity contribution in [3.63, 3.8) is 0 Å². The van der Waals surface area contributed by atoms with Crippen LogP contribution in [-0.4, -0.2) is 71.1 Å². The maximum absolute atomic E-state index is 11.2. The van der Waals surface area contributed by atoms with Gasteiger partial charge in [0.05, 0.1) is 5.56 Å². The second kappa shape index (κ2) is 8.86. The average molecular weight is 380 g/mol. The predicted octanol–water partition coefficient (Wildman–Crippen LogP) is 2.78. The van der Waals surface area contributed by atoms with Gasteiger partial charge in [-0.1, -0.05) is 42.5 Å². The van der Waals surface area contributed by atoms with Gasteiger partial charge in [-0.15, -0.1) is 0 Å². The van der Waals surface area contributed by atoms with Crippen LogP contribution < -0.4 is 0 Å². The highest BCUT2D eigenvalue weighted by molar-refractivity contribution is 5.87. The van der Waals surface area contributed by atoms with E-state index in [0.717, 1.165) is 51.4 Å². The molecule has 2 aromatic rings. The van der Waals surface area contributed by atoms with Crippen LogP contribution in [0.5, 0.6) is 0 Å². The van der Waals surface area contributed by atoms with E-state index in [0.29, 0.717) is 11.6 Å². The molecule has 148 valence electrons. The third-order valence-corrected chi connectivity index (χ3v) is 6.00. The Morgan fingerprint density at radius 3 is 2.32 bits per heavy atom. The first kappa shape index (κ1) is 19.1. The third kappa shape index (κ3) is 4.79. The number of nitrogens with zero attached hydrogens (tertiary/aromatic N) is 3. The van der Waals surface area contributed by atoms with Crippen molar-refractivity contribution in [3.8, 4) is 0 Å². The predicted molar refractivity (Wildman–Crippen MR) is 110 cm³/mol. The summed E-state index contributed by atoms with van der Waals surface area (Å²) in [6, 6.07) is 18.7. The van der Waals surface area contributed by atoms with Crippen LogP contribution in [0.15, 0.2) is 54.6 Å². The molecule has 1 N–H and O–H groups in total. The van der Waals surface area contributed by atoms with Crippen molar-refractivity contribution in [2.24, 2.45) is 0 Å². The quantitative estimate of drug-likeness (QED) is 0.836. The number of carbonyl (C=O) groups is 1. The van der Waals surface area contributed by atoms with Crippen LogP contribution in [-0.2, 0) is 13.1 Å². The van der Waals surface area contributed by atoms with Crippen molar-refractivity contribution in [1.29, 1.82) is 0 Å². The Morgan fingerprint density at radius 1 is 0.857 bits per heavy atom. The zero-order valence-corrected chi connectivity index (χ0v) is 16.3. The summed E-state index contributed by atoms with van der Waals surface area (Å²) in [5.74, 6) is -0.854. The standard InChI is InChI=1S/C23H29N3O2/c27-23(28)21-8-4-7-20(15-21)17-24-11-13-26(14-12-24)22-9-10-25(18-22)16-19-5-2-1-3-6-19/h1-8,15,22H,9-14,16-18H2,(H,27,28). The number of rotatable bonds is 6. The van der Waals surface area contributed by atoms with Crippen LogP contribution in [0.1, 0.15) is 27.9 Å².